The van der Waals surface area contributed by atoms with Crippen LogP contribution in [0.5, 0.6) is 0 Å². The second-order valence-corrected chi connectivity index (χ2v) is 7.12. The predicted molar refractivity (Wildman–Crippen MR) is 94.0 cm³/mol. The first-order valence-electron chi connectivity index (χ1n) is 7.07. The molecule has 0 aliphatic heterocycles. The summed E-state index contributed by atoms with van der Waals surface area (Å²) in [5.74, 6) is -0.0526. The highest BCUT2D eigenvalue weighted by Gasteiger charge is 2.15. The fourth-order valence-electron chi connectivity index (χ4n) is 1.98. The van der Waals surface area contributed by atoms with Gasteiger partial charge in [0.25, 0.3) is 10.0 Å². The summed E-state index contributed by atoms with van der Waals surface area (Å²) in [5.41, 5.74) is 0.724. The summed E-state index contributed by atoms with van der Waals surface area (Å²) in [6.07, 6.45) is 0. The Balaban J connectivity index is 1.73. The number of aromatic nitrogens is 2. The molecule has 25 heavy (non-hydrogen) atoms. The lowest BCUT2D eigenvalue weighted by molar-refractivity contribution is 0.599. The Hall–Kier alpha value is -2.71. The largest absolute Gasteiger partial charge is 0.339 e. The van der Waals surface area contributed by atoms with Crippen LogP contribution >= 0.6 is 11.6 Å². The molecule has 0 unspecified atom stereocenters. The predicted octanol–water partition coefficient (Wildman–Crippen LogP) is 3.81. The Morgan fingerprint density at radius 3 is 2.24 bits per heavy atom. The zero-order valence-electron chi connectivity index (χ0n) is 12.6. The molecule has 1 heterocycles. The molecule has 0 fully saturated rings. The van der Waals surface area contributed by atoms with Crippen LogP contribution in [0.2, 0.25) is 5.02 Å². The molecule has 0 aliphatic carbocycles. The van der Waals surface area contributed by atoms with Crippen LogP contribution in [0.15, 0.2) is 65.6 Å². The number of benzene rings is 2. The van der Waals surface area contributed by atoms with Crippen LogP contribution in [0.1, 0.15) is 0 Å². The summed E-state index contributed by atoms with van der Waals surface area (Å²) in [7, 11) is -3.86. The van der Waals surface area contributed by atoms with E-state index >= 15 is 0 Å². The Morgan fingerprint density at radius 1 is 0.920 bits per heavy atom. The minimum absolute atomic E-state index is 0.0426. The Morgan fingerprint density at radius 2 is 1.60 bits per heavy atom. The van der Waals surface area contributed by atoms with Gasteiger partial charge in [0.15, 0.2) is 11.6 Å². The standard InChI is InChI=1S/C16H12ClFN4O2S/c17-11-2-1-3-13(10-11)19-15-8-9-16(21-20-15)22-25(23,24)14-6-4-12(18)5-7-14/h1-10H,(H,19,20)(H,21,22). The highest BCUT2D eigenvalue weighted by Crippen LogP contribution is 2.20. The third-order valence-corrected chi connectivity index (χ3v) is 4.73. The van der Waals surface area contributed by atoms with Gasteiger partial charge >= 0.3 is 0 Å². The molecule has 0 saturated heterocycles. The molecular formula is C16H12ClFN4O2S. The third-order valence-electron chi connectivity index (χ3n) is 3.12. The maximum absolute atomic E-state index is 12.9. The van der Waals surface area contributed by atoms with E-state index in [9.17, 15) is 12.8 Å². The number of nitrogens with one attached hydrogen (secondary N) is 2. The molecule has 2 aromatic carbocycles. The fraction of sp³-hybridized carbons (Fsp3) is 0. The Bertz CT molecular complexity index is 980. The maximum atomic E-state index is 12.9. The number of anilines is 3. The molecule has 3 aromatic rings. The van der Waals surface area contributed by atoms with E-state index in [4.69, 9.17) is 11.6 Å². The lowest BCUT2D eigenvalue weighted by Crippen LogP contribution is -2.14. The van der Waals surface area contributed by atoms with Crippen molar-refractivity contribution in [2.24, 2.45) is 0 Å². The van der Waals surface area contributed by atoms with E-state index in [-0.39, 0.29) is 10.7 Å². The molecule has 0 radical (unpaired) electrons. The van der Waals surface area contributed by atoms with Gasteiger partial charge in [-0.15, -0.1) is 10.2 Å². The van der Waals surface area contributed by atoms with E-state index in [1.54, 1.807) is 30.3 Å². The van der Waals surface area contributed by atoms with Crippen molar-refractivity contribution < 1.29 is 12.8 Å². The highest BCUT2D eigenvalue weighted by atomic mass is 35.5. The monoisotopic (exact) mass is 378 g/mol. The van der Waals surface area contributed by atoms with Crippen molar-refractivity contribution in [2.75, 3.05) is 10.0 Å². The summed E-state index contributed by atoms with van der Waals surface area (Å²) in [5, 5.41) is 11.3. The average Bonchev–Trinajstić information content (AvgIpc) is 2.57. The van der Waals surface area contributed by atoms with Crippen LogP contribution in [0.3, 0.4) is 0 Å². The number of hydrogen-bond donors (Lipinski definition) is 2. The molecular weight excluding hydrogens is 367 g/mol. The first kappa shape index (κ1) is 17.1. The van der Waals surface area contributed by atoms with Crippen LogP contribution < -0.4 is 10.0 Å². The molecule has 128 valence electrons. The number of sulfonamides is 1. The normalized spacial score (nSPS) is 11.1. The minimum Gasteiger partial charge on any atom is -0.339 e. The van der Waals surface area contributed by atoms with Crippen LogP contribution in [-0.2, 0) is 10.0 Å². The fourth-order valence-corrected chi connectivity index (χ4v) is 3.16. The zero-order valence-corrected chi connectivity index (χ0v) is 14.2. The molecule has 0 aliphatic rings. The molecule has 6 nitrogen and oxygen atoms in total. The van der Waals surface area contributed by atoms with Crippen molar-refractivity contribution in [3.8, 4) is 0 Å². The van der Waals surface area contributed by atoms with Gasteiger partial charge in [-0.3, -0.25) is 4.72 Å². The first-order valence-corrected chi connectivity index (χ1v) is 8.93. The van der Waals surface area contributed by atoms with Crippen LogP contribution in [0.25, 0.3) is 0 Å². The number of rotatable bonds is 5. The van der Waals surface area contributed by atoms with Crippen molar-refractivity contribution in [1.29, 1.82) is 0 Å². The molecule has 0 spiro atoms. The molecule has 0 atom stereocenters. The van der Waals surface area contributed by atoms with Gasteiger partial charge < -0.3 is 5.32 Å². The summed E-state index contributed by atoms with van der Waals surface area (Å²) in [6, 6.07) is 14.5. The number of hydrogen-bond acceptors (Lipinski definition) is 5. The SMILES string of the molecule is O=S(=O)(Nc1ccc(Nc2cccc(Cl)c2)nn1)c1ccc(F)cc1. The van der Waals surface area contributed by atoms with Crippen molar-refractivity contribution in [3.63, 3.8) is 0 Å². The molecule has 0 amide bonds. The first-order chi connectivity index (χ1) is 11.9. The van der Waals surface area contributed by atoms with Gasteiger partial charge in [0.1, 0.15) is 5.82 Å². The summed E-state index contributed by atoms with van der Waals surface area (Å²) in [4.78, 5) is -0.0724. The number of halogens is 2. The lowest BCUT2D eigenvalue weighted by atomic mass is 10.3. The van der Waals surface area contributed by atoms with Gasteiger partial charge in [-0.25, -0.2) is 12.8 Å². The third kappa shape index (κ3) is 4.43. The smallest absolute Gasteiger partial charge is 0.263 e. The Labute approximate surface area is 148 Å². The highest BCUT2D eigenvalue weighted by molar-refractivity contribution is 7.92. The second kappa shape index (κ2) is 7.04. The van der Waals surface area contributed by atoms with E-state index < -0.39 is 15.8 Å². The van der Waals surface area contributed by atoms with E-state index in [0.29, 0.717) is 10.8 Å². The molecule has 2 N–H and O–H groups in total. The molecule has 1 aromatic heterocycles. The van der Waals surface area contributed by atoms with Gasteiger partial charge in [0, 0.05) is 10.7 Å². The van der Waals surface area contributed by atoms with Gasteiger partial charge in [0.05, 0.1) is 4.90 Å². The van der Waals surface area contributed by atoms with Gasteiger partial charge in [0.2, 0.25) is 0 Å². The molecule has 9 heteroatoms. The summed E-state index contributed by atoms with van der Waals surface area (Å²) < 4.78 is 39.6. The minimum atomic E-state index is -3.86. The Kier molecular flexibility index (Phi) is 4.82. The molecule has 0 saturated carbocycles. The maximum Gasteiger partial charge on any atom is 0.263 e. The van der Waals surface area contributed by atoms with Crippen LogP contribution in [0, 0.1) is 5.82 Å². The summed E-state index contributed by atoms with van der Waals surface area (Å²) >= 11 is 5.90. The molecule has 0 bridgehead atoms. The van der Waals surface area contributed by atoms with Gasteiger partial charge in [-0.1, -0.05) is 17.7 Å². The topological polar surface area (TPSA) is 84.0 Å². The van der Waals surface area contributed by atoms with Crippen molar-refractivity contribution >= 4 is 38.9 Å². The molecule has 3 rings (SSSR count). The van der Waals surface area contributed by atoms with Crippen molar-refractivity contribution in [3.05, 3.63) is 71.5 Å². The van der Waals surface area contributed by atoms with E-state index in [1.807, 2.05) is 0 Å². The van der Waals surface area contributed by atoms with Gasteiger partial charge in [-0.05, 0) is 54.6 Å². The van der Waals surface area contributed by atoms with E-state index in [1.165, 1.54) is 18.2 Å². The zero-order chi connectivity index (χ0) is 17.9. The van der Waals surface area contributed by atoms with Crippen molar-refractivity contribution in [1.82, 2.24) is 10.2 Å². The quantitative estimate of drug-likeness (QED) is 0.705. The summed E-state index contributed by atoms with van der Waals surface area (Å²) in [6.45, 7) is 0. The lowest BCUT2D eigenvalue weighted by Gasteiger charge is -2.08. The van der Waals surface area contributed by atoms with Crippen LogP contribution in [-0.4, -0.2) is 18.6 Å². The van der Waals surface area contributed by atoms with E-state index in [0.717, 1.165) is 17.8 Å². The van der Waals surface area contributed by atoms with E-state index in [2.05, 4.69) is 20.2 Å². The second-order valence-electron chi connectivity index (χ2n) is 5.00. The van der Waals surface area contributed by atoms with Gasteiger partial charge in [-0.2, -0.15) is 0 Å². The van der Waals surface area contributed by atoms with Crippen LogP contribution in [0.4, 0.5) is 21.7 Å². The average molecular weight is 379 g/mol. The van der Waals surface area contributed by atoms with Crippen molar-refractivity contribution in [2.45, 2.75) is 4.90 Å². The number of nitrogens with zero attached hydrogens (tertiary/aromatic N) is 2.